The van der Waals surface area contributed by atoms with E-state index in [-0.39, 0.29) is 17.0 Å². The number of aromatic amines is 1. The third-order valence-corrected chi connectivity index (χ3v) is 4.34. The number of aromatic nitrogens is 2. The van der Waals surface area contributed by atoms with E-state index in [1.807, 2.05) is 49.4 Å². The Morgan fingerprint density at radius 3 is 2.68 bits per heavy atom. The van der Waals surface area contributed by atoms with E-state index in [1.165, 1.54) is 11.8 Å². The summed E-state index contributed by atoms with van der Waals surface area (Å²) < 4.78 is 5.27. The molecule has 22 heavy (non-hydrogen) atoms. The molecule has 5 heteroatoms. The highest BCUT2D eigenvalue weighted by atomic mass is 32.2. The first-order valence-electron chi connectivity index (χ1n) is 7.04. The van der Waals surface area contributed by atoms with E-state index in [0.717, 1.165) is 16.9 Å². The van der Waals surface area contributed by atoms with Crippen LogP contribution in [0.1, 0.15) is 18.0 Å². The van der Waals surface area contributed by atoms with Gasteiger partial charge in [-0.2, -0.15) is 0 Å². The molecule has 0 saturated carbocycles. The highest BCUT2D eigenvalue weighted by molar-refractivity contribution is 8.00. The molecule has 0 amide bonds. The van der Waals surface area contributed by atoms with Crippen LogP contribution in [0.3, 0.4) is 0 Å². The van der Waals surface area contributed by atoms with Crippen molar-refractivity contribution in [1.29, 1.82) is 0 Å². The number of benzene rings is 2. The maximum Gasteiger partial charge on any atom is 0.321 e. The SMILES string of the molecule is C[C@@H](SCC(=O)Oc1ccccc1)c1nc2ccccc2[nH]1. The maximum atomic E-state index is 11.8. The van der Waals surface area contributed by atoms with Crippen molar-refractivity contribution < 1.29 is 9.53 Å². The largest absolute Gasteiger partial charge is 0.426 e. The van der Waals surface area contributed by atoms with Crippen molar-refractivity contribution in [3.05, 3.63) is 60.4 Å². The van der Waals surface area contributed by atoms with Gasteiger partial charge in [-0.25, -0.2) is 4.98 Å². The van der Waals surface area contributed by atoms with Crippen LogP contribution < -0.4 is 4.74 Å². The Morgan fingerprint density at radius 1 is 1.18 bits per heavy atom. The molecular formula is C17H16N2O2S. The van der Waals surface area contributed by atoms with Gasteiger partial charge in [0.05, 0.1) is 22.0 Å². The number of fused-ring (bicyclic) bond motifs is 1. The lowest BCUT2D eigenvalue weighted by Crippen LogP contribution is -2.11. The van der Waals surface area contributed by atoms with Crippen molar-refractivity contribution in [2.75, 3.05) is 5.75 Å². The minimum absolute atomic E-state index is 0.0933. The average molecular weight is 312 g/mol. The summed E-state index contributed by atoms with van der Waals surface area (Å²) in [6, 6.07) is 17.0. The molecule has 3 rings (SSSR count). The van der Waals surface area contributed by atoms with E-state index in [2.05, 4.69) is 9.97 Å². The van der Waals surface area contributed by atoms with Crippen molar-refractivity contribution >= 4 is 28.8 Å². The smallest absolute Gasteiger partial charge is 0.321 e. The number of rotatable bonds is 5. The van der Waals surface area contributed by atoms with Crippen molar-refractivity contribution in [2.24, 2.45) is 0 Å². The number of esters is 1. The number of para-hydroxylation sites is 3. The zero-order valence-electron chi connectivity index (χ0n) is 12.2. The lowest BCUT2D eigenvalue weighted by Gasteiger charge is -2.08. The molecule has 0 radical (unpaired) electrons. The minimum Gasteiger partial charge on any atom is -0.426 e. The second-order valence-electron chi connectivity index (χ2n) is 4.88. The number of imidazole rings is 1. The Labute approximate surface area is 132 Å². The molecule has 0 aliphatic carbocycles. The molecule has 0 fully saturated rings. The van der Waals surface area contributed by atoms with Crippen molar-refractivity contribution in [1.82, 2.24) is 9.97 Å². The fourth-order valence-corrected chi connectivity index (χ4v) is 2.80. The van der Waals surface area contributed by atoms with Crippen LogP contribution in [-0.4, -0.2) is 21.7 Å². The summed E-state index contributed by atoms with van der Waals surface area (Å²) in [5, 5.41) is 0.0933. The first-order valence-corrected chi connectivity index (χ1v) is 8.09. The number of carbonyl (C=O) groups is 1. The van der Waals surface area contributed by atoms with Crippen LogP contribution in [0.5, 0.6) is 5.75 Å². The molecule has 0 saturated heterocycles. The van der Waals surface area contributed by atoms with Gasteiger partial charge in [-0.15, -0.1) is 11.8 Å². The molecule has 0 bridgehead atoms. The van der Waals surface area contributed by atoms with Gasteiger partial charge in [-0.05, 0) is 31.2 Å². The summed E-state index contributed by atoms with van der Waals surface area (Å²) in [4.78, 5) is 19.7. The molecule has 3 aromatic rings. The monoisotopic (exact) mass is 312 g/mol. The number of nitrogens with one attached hydrogen (secondary N) is 1. The van der Waals surface area contributed by atoms with Gasteiger partial charge in [0.25, 0.3) is 0 Å². The molecule has 0 unspecified atom stereocenters. The molecular weight excluding hydrogens is 296 g/mol. The molecule has 4 nitrogen and oxygen atoms in total. The minimum atomic E-state index is -0.251. The molecule has 1 aromatic heterocycles. The number of H-pyrrole nitrogens is 1. The molecule has 0 aliphatic rings. The summed E-state index contributed by atoms with van der Waals surface area (Å²) in [5.74, 6) is 1.48. The molecule has 1 N–H and O–H groups in total. The summed E-state index contributed by atoms with van der Waals surface area (Å²) in [5.41, 5.74) is 1.95. The number of nitrogens with zero attached hydrogens (tertiary/aromatic N) is 1. The standard InChI is InChI=1S/C17H16N2O2S/c1-12(17-18-14-9-5-6-10-15(14)19-17)22-11-16(20)21-13-7-3-2-4-8-13/h2-10,12H,11H2,1H3,(H,18,19)/t12-/m1/s1. The number of thioether (sulfide) groups is 1. The van der Waals surface area contributed by atoms with E-state index in [4.69, 9.17) is 4.74 Å². The quantitative estimate of drug-likeness (QED) is 0.572. The molecule has 1 atom stereocenters. The van der Waals surface area contributed by atoms with Crippen LogP contribution in [-0.2, 0) is 4.79 Å². The second kappa shape index (κ2) is 6.66. The second-order valence-corrected chi connectivity index (χ2v) is 6.21. The van der Waals surface area contributed by atoms with Gasteiger partial charge in [0.15, 0.2) is 0 Å². The number of hydrogen-bond donors (Lipinski definition) is 1. The Balaban J connectivity index is 1.57. The highest BCUT2D eigenvalue weighted by Gasteiger charge is 2.14. The molecule has 2 aromatic carbocycles. The lowest BCUT2D eigenvalue weighted by atomic mass is 10.3. The summed E-state index contributed by atoms with van der Waals surface area (Å²) in [6.07, 6.45) is 0. The number of carbonyl (C=O) groups excluding carboxylic acids is 1. The summed E-state index contributed by atoms with van der Waals surface area (Å²) in [6.45, 7) is 2.03. The Kier molecular flexibility index (Phi) is 4.44. The molecule has 112 valence electrons. The van der Waals surface area contributed by atoms with Crippen molar-refractivity contribution in [2.45, 2.75) is 12.2 Å². The van der Waals surface area contributed by atoms with Gasteiger partial charge in [0.1, 0.15) is 11.6 Å². The Bertz CT molecular complexity index is 737. The average Bonchev–Trinajstić information content (AvgIpc) is 2.98. The Morgan fingerprint density at radius 2 is 1.91 bits per heavy atom. The fourth-order valence-electron chi connectivity index (χ4n) is 2.09. The highest BCUT2D eigenvalue weighted by Crippen LogP contribution is 2.27. The molecule has 0 aliphatic heterocycles. The van der Waals surface area contributed by atoms with Crippen LogP contribution in [0.15, 0.2) is 54.6 Å². The van der Waals surface area contributed by atoms with Gasteiger partial charge in [0, 0.05) is 0 Å². The van der Waals surface area contributed by atoms with E-state index in [9.17, 15) is 4.79 Å². The molecule has 1 heterocycles. The zero-order valence-corrected chi connectivity index (χ0v) is 13.0. The van der Waals surface area contributed by atoms with Gasteiger partial charge in [-0.3, -0.25) is 4.79 Å². The first kappa shape index (κ1) is 14.7. The summed E-state index contributed by atoms with van der Waals surface area (Å²) in [7, 11) is 0. The first-order chi connectivity index (χ1) is 10.7. The van der Waals surface area contributed by atoms with Crippen LogP contribution in [0.4, 0.5) is 0 Å². The topological polar surface area (TPSA) is 55.0 Å². The fraction of sp³-hybridized carbons (Fsp3) is 0.176. The molecule has 0 spiro atoms. The van der Waals surface area contributed by atoms with Gasteiger partial charge in [0.2, 0.25) is 0 Å². The van der Waals surface area contributed by atoms with Gasteiger partial charge < -0.3 is 9.72 Å². The van der Waals surface area contributed by atoms with E-state index < -0.39 is 0 Å². The third-order valence-electron chi connectivity index (χ3n) is 3.22. The third kappa shape index (κ3) is 3.49. The van der Waals surface area contributed by atoms with Gasteiger partial charge >= 0.3 is 5.97 Å². The predicted octanol–water partition coefficient (Wildman–Crippen LogP) is 3.96. The maximum absolute atomic E-state index is 11.8. The van der Waals surface area contributed by atoms with Crippen LogP contribution >= 0.6 is 11.8 Å². The van der Waals surface area contributed by atoms with E-state index in [0.29, 0.717) is 5.75 Å². The van der Waals surface area contributed by atoms with E-state index >= 15 is 0 Å². The van der Waals surface area contributed by atoms with Crippen molar-refractivity contribution in [3.63, 3.8) is 0 Å². The van der Waals surface area contributed by atoms with Gasteiger partial charge in [-0.1, -0.05) is 30.3 Å². The predicted molar refractivity (Wildman–Crippen MR) is 89.0 cm³/mol. The zero-order chi connectivity index (χ0) is 15.4. The normalized spacial score (nSPS) is 12.2. The number of hydrogen-bond acceptors (Lipinski definition) is 4. The van der Waals surface area contributed by atoms with Crippen LogP contribution in [0, 0.1) is 0 Å². The number of ether oxygens (including phenoxy) is 1. The Hall–Kier alpha value is -2.27. The van der Waals surface area contributed by atoms with E-state index in [1.54, 1.807) is 12.1 Å². The summed E-state index contributed by atoms with van der Waals surface area (Å²) >= 11 is 1.50. The van der Waals surface area contributed by atoms with Crippen LogP contribution in [0.25, 0.3) is 11.0 Å². The van der Waals surface area contributed by atoms with Crippen LogP contribution in [0.2, 0.25) is 0 Å². The lowest BCUT2D eigenvalue weighted by molar-refractivity contribution is -0.131. The van der Waals surface area contributed by atoms with Crippen molar-refractivity contribution in [3.8, 4) is 5.75 Å².